The van der Waals surface area contributed by atoms with Crippen molar-refractivity contribution in [1.29, 1.82) is 0 Å². The summed E-state index contributed by atoms with van der Waals surface area (Å²) in [7, 11) is 0. The second-order valence-electron chi connectivity index (χ2n) is 6.34. The molecule has 0 aliphatic heterocycles. The van der Waals surface area contributed by atoms with E-state index < -0.39 is 0 Å². The van der Waals surface area contributed by atoms with Crippen LogP contribution in [-0.2, 0) is 0 Å². The largest absolute Gasteiger partial charge is 0.365 e. The van der Waals surface area contributed by atoms with Gasteiger partial charge in [-0.15, -0.1) is 0 Å². The number of aromatic amines is 1. The van der Waals surface area contributed by atoms with Crippen LogP contribution in [0.5, 0.6) is 0 Å². The molecule has 1 atom stereocenters. The molecule has 1 aromatic carbocycles. The lowest BCUT2D eigenvalue weighted by molar-refractivity contribution is 0.249. The van der Waals surface area contributed by atoms with E-state index in [-0.39, 0.29) is 12.1 Å². The molecule has 128 valence electrons. The van der Waals surface area contributed by atoms with Crippen molar-refractivity contribution in [1.82, 2.24) is 20.5 Å². The summed E-state index contributed by atoms with van der Waals surface area (Å²) >= 11 is 0. The van der Waals surface area contributed by atoms with Crippen molar-refractivity contribution >= 4 is 28.6 Å². The Morgan fingerprint density at radius 1 is 1.28 bits per heavy atom. The Morgan fingerprint density at radius 3 is 2.84 bits per heavy atom. The van der Waals surface area contributed by atoms with Crippen molar-refractivity contribution in [2.45, 2.75) is 31.8 Å². The third-order valence-corrected chi connectivity index (χ3v) is 4.25. The number of hydrogen-bond donors (Lipinski definition) is 4. The SMILES string of the molecule is CC(NC(=O)Nc1cc2[nH]nc(NC3CC3)c2cn1)c1ccccc1. The lowest BCUT2D eigenvalue weighted by atomic mass is 10.1. The molecule has 2 heterocycles. The molecule has 7 nitrogen and oxygen atoms in total. The van der Waals surface area contributed by atoms with Crippen molar-refractivity contribution in [3.63, 3.8) is 0 Å². The van der Waals surface area contributed by atoms with Crippen LogP contribution in [0.25, 0.3) is 10.9 Å². The van der Waals surface area contributed by atoms with Gasteiger partial charge in [-0.05, 0) is 25.3 Å². The number of benzene rings is 1. The topological polar surface area (TPSA) is 94.7 Å². The number of nitrogens with zero attached hydrogens (tertiary/aromatic N) is 2. The summed E-state index contributed by atoms with van der Waals surface area (Å²) in [5, 5.41) is 17.2. The number of nitrogens with one attached hydrogen (secondary N) is 4. The van der Waals surface area contributed by atoms with Gasteiger partial charge in [0.1, 0.15) is 5.82 Å². The summed E-state index contributed by atoms with van der Waals surface area (Å²) in [5.74, 6) is 1.30. The van der Waals surface area contributed by atoms with Crippen LogP contribution in [0.1, 0.15) is 31.4 Å². The van der Waals surface area contributed by atoms with Gasteiger partial charge in [0.05, 0.1) is 16.9 Å². The van der Waals surface area contributed by atoms with Crippen LogP contribution in [0.3, 0.4) is 0 Å². The Hall–Kier alpha value is -3.09. The summed E-state index contributed by atoms with van der Waals surface area (Å²) in [6.45, 7) is 1.94. The van der Waals surface area contributed by atoms with Gasteiger partial charge in [0.25, 0.3) is 0 Å². The molecule has 1 aliphatic carbocycles. The maximum Gasteiger partial charge on any atom is 0.320 e. The minimum Gasteiger partial charge on any atom is -0.365 e. The number of rotatable bonds is 5. The molecule has 0 bridgehead atoms. The van der Waals surface area contributed by atoms with E-state index in [1.165, 1.54) is 12.8 Å². The van der Waals surface area contributed by atoms with E-state index in [1.807, 2.05) is 37.3 Å². The molecule has 2 aromatic heterocycles. The van der Waals surface area contributed by atoms with Crippen molar-refractivity contribution in [3.05, 3.63) is 48.2 Å². The average molecular weight is 336 g/mol. The molecule has 4 N–H and O–H groups in total. The summed E-state index contributed by atoms with van der Waals surface area (Å²) in [4.78, 5) is 16.5. The molecular formula is C18H20N6O. The zero-order chi connectivity index (χ0) is 17.2. The van der Waals surface area contributed by atoms with Crippen LogP contribution in [-0.4, -0.2) is 27.3 Å². The first-order valence-electron chi connectivity index (χ1n) is 8.42. The summed E-state index contributed by atoms with van der Waals surface area (Å²) < 4.78 is 0. The number of aromatic nitrogens is 3. The van der Waals surface area contributed by atoms with Gasteiger partial charge in [-0.2, -0.15) is 5.10 Å². The number of fused-ring (bicyclic) bond motifs is 1. The van der Waals surface area contributed by atoms with Gasteiger partial charge in [0.15, 0.2) is 5.82 Å². The van der Waals surface area contributed by atoms with E-state index in [9.17, 15) is 4.79 Å². The number of H-pyrrole nitrogens is 1. The molecule has 1 unspecified atom stereocenters. The van der Waals surface area contributed by atoms with E-state index in [2.05, 4.69) is 31.1 Å². The van der Waals surface area contributed by atoms with E-state index in [0.29, 0.717) is 11.9 Å². The number of pyridine rings is 1. The second kappa shape index (κ2) is 6.43. The number of urea groups is 1. The van der Waals surface area contributed by atoms with E-state index in [1.54, 1.807) is 12.3 Å². The van der Waals surface area contributed by atoms with Crippen molar-refractivity contribution in [2.24, 2.45) is 0 Å². The molecule has 2 amide bonds. The van der Waals surface area contributed by atoms with Crippen LogP contribution >= 0.6 is 0 Å². The minimum absolute atomic E-state index is 0.0913. The Labute approximate surface area is 145 Å². The van der Waals surface area contributed by atoms with Crippen LogP contribution < -0.4 is 16.0 Å². The molecule has 1 saturated carbocycles. The Bertz CT molecular complexity index is 887. The normalized spacial score (nSPS) is 14.9. The monoisotopic (exact) mass is 336 g/mol. The van der Waals surface area contributed by atoms with Crippen molar-refractivity contribution in [3.8, 4) is 0 Å². The predicted molar refractivity (Wildman–Crippen MR) is 97.5 cm³/mol. The molecule has 4 rings (SSSR count). The van der Waals surface area contributed by atoms with Crippen molar-refractivity contribution < 1.29 is 4.79 Å². The lowest BCUT2D eigenvalue weighted by Gasteiger charge is -2.14. The first-order chi connectivity index (χ1) is 12.2. The molecule has 1 aliphatic rings. The number of hydrogen-bond acceptors (Lipinski definition) is 4. The quantitative estimate of drug-likeness (QED) is 0.574. The highest BCUT2D eigenvalue weighted by Crippen LogP contribution is 2.28. The maximum absolute atomic E-state index is 12.2. The number of amides is 2. The molecule has 25 heavy (non-hydrogen) atoms. The van der Waals surface area contributed by atoms with E-state index in [4.69, 9.17) is 0 Å². The van der Waals surface area contributed by atoms with Crippen molar-refractivity contribution in [2.75, 3.05) is 10.6 Å². The zero-order valence-corrected chi connectivity index (χ0v) is 13.9. The molecule has 0 spiro atoms. The first kappa shape index (κ1) is 15.4. The minimum atomic E-state index is -0.293. The van der Waals surface area contributed by atoms with Gasteiger partial charge in [-0.25, -0.2) is 9.78 Å². The van der Waals surface area contributed by atoms with Gasteiger partial charge in [-0.1, -0.05) is 30.3 Å². The average Bonchev–Trinajstić information content (AvgIpc) is 3.35. The van der Waals surface area contributed by atoms with Crippen LogP contribution in [0.4, 0.5) is 16.4 Å². The second-order valence-corrected chi connectivity index (χ2v) is 6.34. The first-order valence-corrected chi connectivity index (χ1v) is 8.42. The highest BCUT2D eigenvalue weighted by Gasteiger charge is 2.23. The Kier molecular flexibility index (Phi) is 3.97. The molecule has 0 saturated heterocycles. The van der Waals surface area contributed by atoms with Crippen LogP contribution in [0.2, 0.25) is 0 Å². The molecule has 7 heteroatoms. The maximum atomic E-state index is 12.2. The van der Waals surface area contributed by atoms with Gasteiger partial charge in [-0.3, -0.25) is 10.4 Å². The number of carbonyl (C=O) groups is 1. The lowest BCUT2D eigenvalue weighted by Crippen LogP contribution is -2.31. The Morgan fingerprint density at radius 2 is 2.08 bits per heavy atom. The predicted octanol–water partition coefficient (Wildman–Crippen LogP) is 3.41. The molecule has 0 radical (unpaired) electrons. The zero-order valence-electron chi connectivity index (χ0n) is 13.9. The number of anilines is 2. The van der Waals surface area contributed by atoms with Gasteiger partial charge >= 0.3 is 6.03 Å². The smallest absolute Gasteiger partial charge is 0.320 e. The molecular weight excluding hydrogens is 316 g/mol. The van der Waals surface area contributed by atoms with Gasteiger partial charge < -0.3 is 10.6 Å². The summed E-state index contributed by atoms with van der Waals surface area (Å²) in [6, 6.07) is 11.7. The molecule has 3 aromatic rings. The van der Waals surface area contributed by atoms with E-state index in [0.717, 1.165) is 22.3 Å². The summed E-state index contributed by atoms with van der Waals surface area (Å²) in [5.41, 5.74) is 1.88. The third kappa shape index (κ3) is 3.55. The Balaban J connectivity index is 1.42. The standard InChI is InChI=1S/C18H20N6O/c1-11(12-5-3-2-4-6-12)20-18(25)22-16-9-15-14(10-19-16)17(24-23-15)21-13-7-8-13/h2-6,9-11,13H,7-8H2,1H3,(H2,21,23,24)(H2,19,20,22,25). The highest BCUT2D eigenvalue weighted by atomic mass is 16.2. The van der Waals surface area contributed by atoms with Crippen LogP contribution in [0.15, 0.2) is 42.6 Å². The van der Waals surface area contributed by atoms with Gasteiger partial charge in [0.2, 0.25) is 0 Å². The van der Waals surface area contributed by atoms with E-state index >= 15 is 0 Å². The highest BCUT2D eigenvalue weighted by molar-refractivity contribution is 5.94. The summed E-state index contributed by atoms with van der Waals surface area (Å²) in [6.07, 6.45) is 4.09. The van der Waals surface area contributed by atoms with Gasteiger partial charge in [0, 0.05) is 18.3 Å². The molecule has 1 fully saturated rings. The van der Waals surface area contributed by atoms with Crippen LogP contribution in [0, 0.1) is 0 Å². The fourth-order valence-corrected chi connectivity index (χ4v) is 2.69. The third-order valence-electron chi connectivity index (χ3n) is 4.25. The fourth-order valence-electron chi connectivity index (χ4n) is 2.69. The fraction of sp³-hybridized carbons (Fsp3) is 0.278. The number of carbonyl (C=O) groups excluding carboxylic acids is 1.